The third kappa shape index (κ3) is 4.35. The number of carbonyl (C=O) groups excluding carboxylic acids is 3. The van der Waals surface area contributed by atoms with Gasteiger partial charge in [-0.3, -0.25) is 24.6 Å². The average Bonchev–Trinajstić information content (AvgIpc) is 3.14. The Morgan fingerprint density at radius 3 is 2.55 bits per heavy atom. The van der Waals surface area contributed by atoms with E-state index in [-0.39, 0.29) is 29.8 Å². The molecule has 0 saturated carbocycles. The molecular formula is C24H21N3O5S. The number of fused-ring (bicyclic) bond motifs is 1. The van der Waals surface area contributed by atoms with Gasteiger partial charge >= 0.3 is 5.97 Å². The third-order valence-corrected chi connectivity index (χ3v) is 5.44. The summed E-state index contributed by atoms with van der Waals surface area (Å²) in [4.78, 5) is 39.3. The van der Waals surface area contributed by atoms with Crippen molar-refractivity contribution in [2.45, 2.75) is 13.5 Å². The first-order valence-electron chi connectivity index (χ1n) is 10.2. The molecular weight excluding hydrogens is 442 g/mol. The first-order chi connectivity index (χ1) is 15.9. The van der Waals surface area contributed by atoms with Gasteiger partial charge in [0.2, 0.25) is 0 Å². The van der Waals surface area contributed by atoms with Crippen molar-refractivity contribution in [2.24, 2.45) is 0 Å². The highest BCUT2D eigenvalue weighted by Gasteiger charge is 2.34. The zero-order valence-electron chi connectivity index (χ0n) is 18.0. The van der Waals surface area contributed by atoms with Gasteiger partial charge < -0.3 is 14.0 Å². The third-order valence-electron chi connectivity index (χ3n) is 5.16. The van der Waals surface area contributed by atoms with Crippen LogP contribution < -0.4 is 15.0 Å². The number of thiocarbonyl (C=S) groups is 1. The van der Waals surface area contributed by atoms with Crippen molar-refractivity contribution in [3.63, 3.8) is 0 Å². The van der Waals surface area contributed by atoms with Crippen molar-refractivity contribution < 1.29 is 23.9 Å². The van der Waals surface area contributed by atoms with Gasteiger partial charge in [0.1, 0.15) is 17.9 Å². The molecule has 1 aliphatic rings. The highest BCUT2D eigenvalue weighted by Crippen LogP contribution is 2.27. The minimum Gasteiger partial charge on any atom is -0.497 e. The number of ether oxygens (including phenoxy) is 2. The van der Waals surface area contributed by atoms with Crippen molar-refractivity contribution in [2.75, 3.05) is 18.6 Å². The van der Waals surface area contributed by atoms with Crippen LogP contribution in [0.4, 0.5) is 5.69 Å². The van der Waals surface area contributed by atoms with Crippen LogP contribution in [0, 0.1) is 0 Å². The maximum absolute atomic E-state index is 13.3. The summed E-state index contributed by atoms with van der Waals surface area (Å²) in [6, 6.07) is 14.2. The summed E-state index contributed by atoms with van der Waals surface area (Å²) in [7, 11) is 1.55. The van der Waals surface area contributed by atoms with E-state index in [1.165, 1.54) is 11.0 Å². The second-order valence-corrected chi connectivity index (χ2v) is 7.58. The summed E-state index contributed by atoms with van der Waals surface area (Å²) in [6.07, 6.45) is 3.24. The molecule has 2 aromatic carbocycles. The van der Waals surface area contributed by atoms with Gasteiger partial charge in [-0.25, -0.2) is 0 Å². The minimum atomic E-state index is -0.586. The molecule has 0 spiro atoms. The molecule has 168 valence electrons. The topological polar surface area (TPSA) is 89.9 Å². The number of esters is 1. The predicted octanol–water partition coefficient (Wildman–Crippen LogP) is 3.04. The summed E-state index contributed by atoms with van der Waals surface area (Å²) in [5.74, 6) is -0.878. The molecule has 1 fully saturated rings. The Bertz CT molecular complexity index is 1290. The number of nitrogens with one attached hydrogen (secondary N) is 1. The molecule has 0 unspecified atom stereocenters. The molecule has 0 bridgehead atoms. The van der Waals surface area contributed by atoms with Crippen LogP contribution in [-0.2, 0) is 25.7 Å². The maximum Gasteiger partial charge on any atom is 0.325 e. The lowest BCUT2D eigenvalue weighted by molar-refractivity contribution is -0.143. The van der Waals surface area contributed by atoms with Crippen LogP contribution >= 0.6 is 12.2 Å². The van der Waals surface area contributed by atoms with E-state index in [1.54, 1.807) is 49.1 Å². The fourth-order valence-corrected chi connectivity index (χ4v) is 3.93. The highest BCUT2D eigenvalue weighted by molar-refractivity contribution is 7.80. The van der Waals surface area contributed by atoms with Crippen LogP contribution in [0.25, 0.3) is 17.0 Å². The summed E-state index contributed by atoms with van der Waals surface area (Å²) in [5, 5.41) is 3.37. The summed E-state index contributed by atoms with van der Waals surface area (Å²) in [6.45, 7) is 2.04. The molecule has 3 aromatic rings. The van der Waals surface area contributed by atoms with Crippen molar-refractivity contribution in [1.29, 1.82) is 0 Å². The standard InChI is InChI=1S/C24H21N3O5S/c1-3-32-21(28)14-26-13-15(18-6-4-5-7-20(18)26)12-19-22(29)25-24(33)27(23(19)30)16-8-10-17(31-2)11-9-16/h4-13H,3,14H2,1-2H3,(H,25,29,33). The van der Waals surface area contributed by atoms with Gasteiger partial charge in [0.25, 0.3) is 11.8 Å². The first-order valence-corrected chi connectivity index (χ1v) is 10.6. The molecule has 0 aliphatic carbocycles. The van der Waals surface area contributed by atoms with Crippen LogP contribution in [0.2, 0.25) is 0 Å². The van der Waals surface area contributed by atoms with Gasteiger partial charge in [0, 0.05) is 22.7 Å². The van der Waals surface area contributed by atoms with E-state index in [2.05, 4.69) is 5.32 Å². The van der Waals surface area contributed by atoms with Crippen LogP contribution in [0.3, 0.4) is 0 Å². The molecule has 4 rings (SSSR count). The van der Waals surface area contributed by atoms with Gasteiger partial charge in [0.15, 0.2) is 5.11 Å². The summed E-state index contributed by atoms with van der Waals surface area (Å²) in [5.41, 5.74) is 1.83. The lowest BCUT2D eigenvalue weighted by atomic mass is 10.1. The van der Waals surface area contributed by atoms with Crippen molar-refractivity contribution >= 4 is 57.8 Å². The number of anilines is 1. The minimum absolute atomic E-state index is 0.00273. The van der Waals surface area contributed by atoms with Gasteiger partial charge in [-0.2, -0.15) is 0 Å². The van der Waals surface area contributed by atoms with E-state index in [0.29, 0.717) is 17.0 Å². The zero-order valence-corrected chi connectivity index (χ0v) is 18.8. The normalized spacial score (nSPS) is 15.2. The molecule has 1 aliphatic heterocycles. The van der Waals surface area contributed by atoms with Gasteiger partial charge in [-0.15, -0.1) is 0 Å². The fourth-order valence-electron chi connectivity index (χ4n) is 3.65. The molecule has 9 heteroatoms. The highest BCUT2D eigenvalue weighted by atomic mass is 32.1. The molecule has 1 saturated heterocycles. The smallest absolute Gasteiger partial charge is 0.325 e. The molecule has 2 amide bonds. The fraction of sp³-hybridized carbons (Fsp3) is 0.167. The van der Waals surface area contributed by atoms with Crippen LogP contribution in [0.15, 0.2) is 60.3 Å². The number of hydrogen-bond donors (Lipinski definition) is 1. The lowest BCUT2D eigenvalue weighted by Gasteiger charge is -2.29. The number of amides is 2. The Balaban J connectivity index is 1.74. The maximum atomic E-state index is 13.3. The Morgan fingerprint density at radius 1 is 1.12 bits per heavy atom. The number of rotatable bonds is 6. The number of nitrogens with zero attached hydrogens (tertiary/aromatic N) is 2. The number of aromatic nitrogens is 1. The van der Waals surface area contributed by atoms with Gasteiger partial charge in [0.05, 0.1) is 19.4 Å². The lowest BCUT2D eigenvalue weighted by Crippen LogP contribution is -2.54. The Labute approximate surface area is 195 Å². The number of hydrogen-bond acceptors (Lipinski definition) is 6. The molecule has 33 heavy (non-hydrogen) atoms. The Hall–Kier alpha value is -3.98. The number of methoxy groups -OCH3 is 1. The first kappa shape index (κ1) is 22.2. The van der Waals surface area contributed by atoms with E-state index in [9.17, 15) is 14.4 Å². The second-order valence-electron chi connectivity index (χ2n) is 7.19. The van der Waals surface area contributed by atoms with Gasteiger partial charge in [-0.1, -0.05) is 18.2 Å². The van der Waals surface area contributed by atoms with E-state index < -0.39 is 11.8 Å². The molecule has 2 heterocycles. The van der Waals surface area contributed by atoms with Crippen molar-refractivity contribution in [3.8, 4) is 5.75 Å². The van der Waals surface area contributed by atoms with Crippen molar-refractivity contribution in [1.82, 2.24) is 9.88 Å². The average molecular weight is 464 g/mol. The predicted molar refractivity (Wildman–Crippen MR) is 128 cm³/mol. The van der Waals surface area contributed by atoms with E-state index in [0.717, 1.165) is 10.9 Å². The number of para-hydroxylation sites is 1. The largest absolute Gasteiger partial charge is 0.497 e. The molecule has 0 atom stereocenters. The Morgan fingerprint density at radius 2 is 1.85 bits per heavy atom. The SMILES string of the molecule is CCOC(=O)Cn1cc(C=C2C(=O)NC(=S)N(c3ccc(OC)cc3)C2=O)c2ccccc21. The number of carbonyl (C=O) groups is 3. The molecule has 1 aromatic heterocycles. The zero-order chi connectivity index (χ0) is 23.5. The number of benzene rings is 2. The molecule has 1 N–H and O–H groups in total. The van der Waals surface area contributed by atoms with E-state index in [1.807, 2.05) is 24.3 Å². The summed E-state index contributed by atoms with van der Waals surface area (Å²) >= 11 is 5.25. The van der Waals surface area contributed by atoms with Gasteiger partial charge in [-0.05, 0) is 55.5 Å². The van der Waals surface area contributed by atoms with Crippen molar-refractivity contribution in [3.05, 3.63) is 65.9 Å². The quantitative estimate of drug-likeness (QED) is 0.262. The van der Waals surface area contributed by atoms with E-state index >= 15 is 0 Å². The summed E-state index contributed by atoms with van der Waals surface area (Å²) < 4.78 is 11.9. The van der Waals surface area contributed by atoms with Crippen LogP contribution in [-0.4, -0.2) is 41.2 Å². The molecule has 8 nitrogen and oxygen atoms in total. The van der Waals surface area contributed by atoms with Crippen LogP contribution in [0.1, 0.15) is 12.5 Å². The van der Waals surface area contributed by atoms with E-state index in [4.69, 9.17) is 21.7 Å². The Kier molecular flexibility index (Phi) is 6.23. The molecule has 0 radical (unpaired) electrons. The van der Waals surface area contributed by atoms with Crippen LogP contribution in [0.5, 0.6) is 5.75 Å². The monoisotopic (exact) mass is 463 g/mol. The second kappa shape index (κ2) is 9.25.